The van der Waals surface area contributed by atoms with E-state index in [0.29, 0.717) is 17.5 Å². The Hall–Kier alpha value is -6.23. The van der Waals surface area contributed by atoms with Crippen molar-refractivity contribution >= 4 is 18.4 Å². The Morgan fingerprint density at radius 3 is 1.14 bits per heavy atom. The molecule has 0 fully saturated rings. The monoisotopic (exact) mass is 669 g/mol. The number of hydrogen-bond acceptors (Lipinski definition) is 3. The molecule has 0 atom stereocenters. The van der Waals surface area contributed by atoms with E-state index in [1.807, 2.05) is 60.7 Å². The number of fused-ring (bicyclic) bond motifs is 3. The summed E-state index contributed by atoms with van der Waals surface area (Å²) in [4.78, 5) is 14.6. The van der Waals surface area contributed by atoms with Crippen LogP contribution in [-0.2, 0) is 0 Å². The molecule has 0 aliphatic carbocycles. The van der Waals surface area contributed by atoms with E-state index in [1.54, 1.807) is 10.4 Å². The zero-order valence-electron chi connectivity index (χ0n) is 28.6. The summed E-state index contributed by atoms with van der Waals surface area (Å²) in [5.74, 6) is 1.98. The third kappa shape index (κ3) is 5.60. The van der Waals surface area contributed by atoms with Gasteiger partial charge in [-0.15, -0.1) is 0 Å². The van der Waals surface area contributed by atoms with Crippen molar-refractivity contribution in [3.8, 4) is 78.7 Å². The normalized spacial score (nSPS) is 12.7. The number of aromatic nitrogens is 3. The minimum absolute atomic E-state index is 0.656. The first-order chi connectivity index (χ1) is 25.0. The van der Waals surface area contributed by atoms with Crippen molar-refractivity contribution in [3.63, 3.8) is 0 Å². The largest absolute Gasteiger partial charge is 0.208 e. The van der Waals surface area contributed by atoms with Crippen molar-refractivity contribution in [1.82, 2.24) is 15.0 Å². The van der Waals surface area contributed by atoms with Crippen LogP contribution in [0.4, 0.5) is 0 Å². The molecule has 0 saturated carbocycles. The molecule has 0 bridgehead atoms. The summed E-state index contributed by atoms with van der Waals surface area (Å²) < 4.78 is 0. The third-order valence-electron chi connectivity index (χ3n) is 10.2. The highest BCUT2D eigenvalue weighted by atomic mass is 28.3. The van der Waals surface area contributed by atoms with Gasteiger partial charge in [0.2, 0.25) is 0 Å². The lowest BCUT2D eigenvalue weighted by Crippen LogP contribution is -2.50. The van der Waals surface area contributed by atoms with Crippen LogP contribution in [0, 0.1) is 0 Å². The number of rotatable bonds is 6. The van der Waals surface area contributed by atoms with E-state index < -0.39 is 8.07 Å². The fourth-order valence-corrected chi connectivity index (χ4v) is 11.0. The van der Waals surface area contributed by atoms with Crippen molar-refractivity contribution in [3.05, 3.63) is 176 Å². The van der Waals surface area contributed by atoms with Crippen LogP contribution in [0.5, 0.6) is 0 Å². The van der Waals surface area contributed by atoms with E-state index in [-0.39, 0.29) is 0 Å². The predicted octanol–water partition coefficient (Wildman–Crippen LogP) is 10.7. The lowest BCUT2D eigenvalue weighted by Gasteiger charge is -2.22. The van der Waals surface area contributed by atoms with Gasteiger partial charge in [0.1, 0.15) is 8.07 Å². The van der Waals surface area contributed by atoms with Crippen molar-refractivity contribution in [2.45, 2.75) is 13.1 Å². The Kier molecular flexibility index (Phi) is 7.60. The fourth-order valence-electron chi connectivity index (χ4n) is 7.54. The molecule has 0 amide bonds. The van der Waals surface area contributed by atoms with Crippen LogP contribution in [0.2, 0.25) is 13.1 Å². The van der Waals surface area contributed by atoms with Gasteiger partial charge >= 0.3 is 0 Å². The van der Waals surface area contributed by atoms with Crippen molar-refractivity contribution in [2.75, 3.05) is 0 Å². The average molecular weight is 670 g/mol. The Bertz CT molecular complexity index is 2450. The second-order valence-electron chi connectivity index (χ2n) is 13.7. The summed E-state index contributed by atoms with van der Waals surface area (Å²) in [5, 5.41) is 3.09. The molecule has 3 nitrogen and oxygen atoms in total. The molecule has 0 spiro atoms. The first-order valence-electron chi connectivity index (χ1n) is 17.4. The topological polar surface area (TPSA) is 38.7 Å². The summed E-state index contributed by atoms with van der Waals surface area (Å²) in [5.41, 5.74) is 13.1. The first-order valence-corrected chi connectivity index (χ1v) is 20.4. The highest BCUT2D eigenvalue weighted by Crippen LogP contribution is 2.35. The lowest BCUT2D eigenvalue weighted by molar-refractivity contribution is 1.07. The molecule has 7 aromatic carbocycles. The second kappa shape index (κ2) is 12.6. The number of nitrogens with zero attached hydrogens (tertiary/aromatic N) is 3. The molecule has 0 radical (unpaired) electrons. The highest BCUT2D eigenvalue weighted by Gasteiger charge is 2.39. The second-order valence-corrected chi connectivity index (χ2v) is 18.0. The van der Waals surface area contributed by atoms with E-state index in [4.69, 9.17) is 15.0 Å². The van der Waals surface area contributed by atoms with Crippen LogP contribution in [0.1, 0.15) is 0 Å². The van der Waals surface area contributed by atoms with Gasteiger partial charge in [0.25, 0.3) is 0 Å². The SMILES string of the molecule is C[Si]1(C)c2ccccc2-c2cccc(-c3ccc(-c4ccc(-c5ccc(-c6nc(-c7ccccc7)nc(-c7ccccc7)n6)cc5)cc4)cc3)c21. The smallest absolute Gasteiger partial charge is 0.164 e. The molecule has 1 aromatic heterocycles. The van der Waals surface area contributed by atoms with Crippen molar-refractivity contribution in [2.24, 2.45) is 0 Å². The van der Waals surface area contributed by atoms with Gasteiger partial charge in [0.05, 0.1) is 0 Å². The van der Waals surface area contributed by atoms with Crippen LogP contribution >= 0.6 is 0 Å². The highest BCUT2D eigenvalue weighted by molar-refractivity contribution is 7.04. The average Bonchev–Trinajstić information content (AvgIpc) is 3.45. The molecule has 242 valence electrons. The van der Waals surface area contributed by atoms with E-state index >= 15 is 0 Å². The quantitative estimate of drug-likeness (QED) is 0.165. The van der Waals surface area contributed by atoms with Crippen molar-refractivity contribution in [1.29, 1.82) is 0 Å². The lowest BCUT2D eigenvalue weighted by atomic mass is 9.96. The fraction of sp³-hybridized carbons (Fsp3) is 0.0426. The third-order valence-corrected chi connectivity index (χ3v) is 13.7. The van der Waals surface area contributed by atoms with E-state index in [1.165, 1.54) is 38.9 Å². The summed E-state index contributed by atoms with van der Waals surface area (Å²) >= 11 is 0. The Morgan fingerprint density at radius 2 is 0.647 bits per heavy atom. The molecule has 1 aliphatic heterocycles. The summed E-state index contributed by atoms with van der Waals surface area (Å²) in [6.45, 7) is 4.97. The Balaban J connectivity index is 0.973. The number of benzene rings is 7. The minimum Gasteiger partial charge on any atom is -0.208 e. The molecule has 8 aromatic rings. The van der Waals surface area contributed by atoms with Crippen LogP contribution in [0.25, 0.3) is 78.7 Å². The van der Waals surface area contributed by atoms with Gasteiger partial charge in [-0.25, -0.2) is 15.0 Å². The molecule has 0 unspecified atom stereocenters. The van der Waals surface area contributed by atoms with Crippen LogP contribution in [0.3, 0.4) is 0 Å². The van der Waals surface area contributed by atoms with E-state index in [2.05, 4.69) is 128 Å². The molecular formula is C47H35N3Si. The van der Waals surface area contributed by atoms with Gasteiger partial charge in [-0.1, -0.05) is 189 Å². The molecule has 1 aliphatic rings. The summed E-state index contributed by atoms with van der Waals surface area (Å²) in [6, 6.07) is 62.4. The zero-order valence-corrected chi connectivity index (χ0v) is 29.6. The van der Waals surface area contributed by atoms with Gasteiger partial charge in [-0.3, -0.25) is 0 Å². The van der Waals surface area contributed by atoms with Gasteiger partial charge < -0.3 is 0 Å². The maximum Gasteiger partial charge on any atom is 0.164 e. The molecule has 9 rings (SSSR count). The van der Waals surface area contributed by atoms with Crippen LogP contribution in [0.15, 0.2) is 176 Å². The molecule has 0 N–H and O–H groups in total. The predicted molar refractivity (Wildman–Crippen MR) is 215 cm³/mol. The van der Waals surface area contributed by atoms with E-state index in [0.717, 1.165) is 22.3 Å². The Labute approximate surface area is 300 Å². The minimum atomic E-state index is -1.79. The first kappa shape index (κ1) is 30.8. The van der Waals surface area contributed by atoms with Crippen LogP contribution < -0.4 is 10.4 Å². The maximum absolute atomic E-state index is 4.89. The molecular weight excluding hydrogens is 635 g/mol. The summed E-state index contributed by atoms with van der Waals surface area (Å²) in [7, 11) is -1.79. The maximum atomic E-state index is 4.89. The summed E-state index contributed by atoms with van der Waals surface area (Å²) in [6.07, 6.45) is 0. The van der Waals surface area contributed by atoms with E-state index in [9.17, 15) is 0 Å². The van der Waals surface area contributed by atoms with Gasteiger partial charge in [0, 0.05) is 16.7 Å². The van der Waals surface area contributed by atoms with Gasteiger partial charge in [-0.2, -0.15) is 0 Å². The zero-order chi connectivity index (χ0) is 34.4. The number of hydrogen-bond donors (Lipinski definition) is 0. The van der Waals surface area contributed by atoms with Gasteiger partial charge in [-0.05, 0) is 54.9 Å². The molecule has 4 heteroatoms. The standard InChI is InChI=1S/C47H35N3Si/c1-51(2)43-19-10-9-16-41(43)42-18-11-17-40(44(42)51)36-28-24-34(25-29-36)32-20-22-33(23-21-32)35-26-30-39(31-27-35)47-49-45(37-12-5-3-6-13-37)48-46(50-47)38-14-7-4-8-15-38/h3-31H,1-2H3. The van der Waals surface area contributed by atoms with Gasteiger partial charge in [0.15, 0.2) is 17.5 Å². The molecule has 2 heterocycles. The Morgan fingerprint density at radius 1 is 0.294 bits per heavy atom. The van der Waals surface area contributed by atoms with Crippen molar-refractivity contribution < 1.29 is 0 Å². The molecule has 51 heavy (non-hydrogen) atoms. The molecule has 0 saturated heterocycles. The van der Waals surface area contributed by atoms with Crippen LogP contribution in [-0.4, -0.2) is 23.0 Å².